The Labute approximate surface area is 103 Å². The highest BCUT2D eigenvalue weighted by atomic mass is 32.2. The maximum Gasteiger partial charge on any atom is 0.206 e. The summed E-state index contributed by atoms with van der Waals surface area (Å²) < 4.78 is 4.91. The molecule has 6 heteroatoms. The van der Waals surface area contributed by atoms with Crippen LogP contribution >= 0.6 is 11.8 Å². The van der Waals surface area contributed by atoms with E-state index in [1.807, 2.05) is 11.8 Å². The first-order chi connectivity index (χ1) is 7.74. The van der Waals surface area contributed by atoms with Gasteiger partial charge in [0.25, 0.3) is 0 Å². The van der Waals surface area contributed by atoms with Gasteiger partial charge in [-0.3, -0.25) is 5.43 Å². The Morgan fingerprint density at radius 3 is 2.88 bits per heavy atom. The third-order valence-corrected chi connectivity index (χ3v) is 2.92. The lowest BCUT2D eigenvalue weighted by Crippen LogP contribution is -2.45. The third kappa shape index (κ3) is 8.82. The summed E-state index contributed by atoms with van der Waals surface area (Å²) in [4.78, 5) is 4.24. The normalized spacial score (nSPS) is 13.6. The minimum absolute atomic E-state index is 0.372. The quantitative estimate of drug-likeness (QED) is 0.193. The summed E-state index contributed by atoms with van der Waals surface area (Å²) in [6.45, 7) is 5.51. The number of thioether (sulfide) groups is 1. The van der Waals surface area contributed by atoms with Crippen LogP contribution in [0.3, 0.4) is 0 Å². The van der Waals surface area contributed by atoms with Crippen LogP contribution < -0.4 is 16.6 Å². The Bertz CT molecular complexity index is 190. The summed E-state index contributed by atoms with van der Waals surface area (Å²) >= 11 is 1.94. The Kier molecular flexibility index (Phi) is 10.7. The number of nitrogens with one attached hydrogen (secondary N) is 2. The van der Waals surface area contributed by atoms with Gasteiger partial charge in [0.1, 0.15) is 0 Å². The predicted octanol–water partition coefficient (Wildman–Crippen LogP) is 0.573. The zero-order valence-electron chi connectivity index (χ0n) is 10.5. The van der Waals surface area contributed by atoms with Crippen molar-refractivity contribution in [2.75, 3.05) is 31.8 Å². The molecule has 1 atom stereocenters. The Morgan fingerprint density at radius 1 is 1.56 bits per heavy atom. The van der Waals surface area contributed by atoms with Crippen molar-refractivity contribution < 1.29 is 4.74 Å². The average molecular weight is 248 g/mol. The van der Waals surface area contributed by atoms with Crippen LogP contribution in [0.25, 0.3) is 0 Å². The molecule has 0 aromatic rings. The van der Waals surface area contributed by atoms with Gasteiger partial charge in [0.2, 0.25) is 5.96 Å². The van der Waals surface area contributed by atoms with Gasteiger partial charge in [0, 0.05) is 13.2 Å². The second-order valence-electron chi connectivity index (χ2n) is 3.40. The van der Waals surface area contributed by atoms with Crippen LogP contribution in [-0.2, 0) is 4.74 Å². The molecule has 0 aromatic heterocycles. The minimum Gasteiger partial charge on any atom is -0.383 e. The zero-order valence-corrected chi connectivity index (χ0v) is 11.3. The number of ether oxygens (including phenoxy) is 1. The van der Waals surface area contributed by atoms with E-state index in [2.05, 4.69) is 29.6 Å². The number of aliphatic imine (C=N–C) groups is 1. The van der Waals surface area contributed by atoms with Gasteiger partial charge >= 0.3 is 0 Å². The standard InChI is InChI=1S/C10H24N4OS/c1-4-16-8-5-9(2)13-10(14-11)12-6-7-15-3/h9H,4-8,11H2,1-3H3,(H2,12,13,14). The van der Waals surface area contributed by atoms with Gasteiger partial charge in [-0.2, -0.15) is 11.8 Å². The van der Waals surface area contributed by atoms with Crippen molar-refractivity contribution in [1.29, 1.82) is 0 Å². The molecule has 0 rings (SSSR count). The van der Waals surface area contributed by atoms with Crippen LogP contribution in [0, 0.1) is 0 Å². The van der Waals surface area contributed by atoms with Crippen LogP contribution in [0.2, 0.25) is 0 Å². The summed E-state index contributed by atoms with van der Waals surface area (Å²) in [7, 11) is 1.66. The second-order valence-corrected chi connectivity index (χ2v) is 4.79. The van der Waals surface area contributed by atoms with Gasteiger partial charge in [-0.05, 0) is 24.9 Å². The van der Waals surface area contributed by atoms with E-state index in [9.17, 15) is 0 Å². The molecule has 0 spiro atoms. The van der Waals surface area contributed by atoms with Crippen LogP contribution in [0.1, 0.15) is 20.3 Å². The smallest absolute Gasteiger partial charge is 0.206 e. The molecule has 0 saturated heterocycles. The van der Waals surface area contributed by atoms with Gasteiger partial charge < -0.3 is 10.1 Å². The first-order valence-electron chi connectivity index (χ1n) is 5.58. The molecular weight excluding hydrogens is 224 g/mol. The summed E-state index contributed by atoms with van der Waals surface area (Å²) in [5, 5.41) is 3.23. The fraction of sp³-hybridized carbons (Fsp3) is 0.900. The van der Waals surface area contributed by atoms with Gasteiger partial charge in [-0.15, -0.1) is 0 Å². The molecule has 96 valence electrons. The fourth-order valence-electron chi connectivity index (χ4n) is 1.09. The van der Waals surface area contributed by atoms with E-state index in [1.54, 1.807) is 7.11 Å². The van der Waals surface area contributed by atoms with E-state index in [-0.39, 0.29) is 0 Å². The van der Waals surface area contributed by atoms with E-state index >= 15 is 0 Å². The van der Waals surface area contributed by atoms with Crippen LogP contribution in [0.15, 0.2) is 4.99 Å². The SMILES string of the molecule is CCSCCC(C)NC(=NCCOC)NN. The first-order valence-corrected chi connectivity index (χ1v) is 6.74. The van der Waals surface area contributed by atoms with Gasteiger partial charge in [-0.25, -0.2) is 10.8 Å². The largest absolute Gasteiger partial charge is 0.383 e. The van der Waals surface area contributed by atoms with Gasteiger partial charge in [0.15, 0.2) is 0 Å². The maximum atomic E-state index is 5.37. The molecule has 16 heavy (non-hydrogen) atoms. The van der Waals surface area contributed by atoms with Crippen molar-refractivity contribution in [1.82, 2.24) is 10.7 Å². The van der Waals surface area contributed by atoms with E-state index in [1.165, 1.54) is 0 Å². The van der Waals surface area contributed by atoms with Crippen LogP contribution in [-0.4, -0.2) is 43.8 Å². The molecule has 0 bridgehead atoms. The Hall–Kier alpha value is -0.460. The van der Waals surface area contributed by atoms with Crippen molar-refractivity contribution in [3.05, 3.63) is 0 Å². The lowest BCUT2D eigenvalue weighted by Gasteiger charge is -2.16. The number of guanidine groups is 1. The molecule has 0 saturated carbocycles. The Morgan fingerprint density at radius 2 is 2.31 bits per heavy atom. The number of methoxy groups -OCH3 is 1. The number of nitrogens with zero attached hydrogens (tertiary/aromatic N) is 1. The molecule has 0 amide bonds. The molecule has 0 aliphatic carbocycles. The highest BCUT2D eigenvalue weighted by Gasteiger charge is 2.03. The highest BCUT2D eigenvalue weighted by Crippen LogP contribution is 2.03. The number of hydrogen-bond donors (Lipinski definition) is 3. The van der Waals surface area contributed by atoms with E-state index in [0.717, 1.165) is 17.9 Å². The van der Waals surface area contributed by atoms with Gasteiger partial charge in [-0.1, -0.05) is 6.92 Å². The molecule has 0 aliphatic rings. The summed E-state index contributed by atoms with van der Waals surface area (Å²) in [5.41, 5.74) is 2.56. The lowest BCUT2D eigenvalue weighted by molar-refractivity contribution is 0.208. The van der Waals surface area contributed by atoms with Gasteiger partial charge in [0.05, 0.1) is 13.2 Å². The lowest BCUT2D eigenvalue weighted by atomic mass is 10.3. The number of nitrogens with two attached hydrogens (primary N) is 1. The minimum atomic E-state index is 0.372. The van der Waals surface area contributed by atoms with Crippen molar-refractivity contribution in [3.63, 3.8) is 0 Å². The fourth-order valence-corrected chi connectivity index (χ4v) is 1.90. The summed E-state index contributed by atoms with van der Waals surface area (Å²) in [5.74, 6) is 8.32. The summed E-state index contributed by atoms with van der Waals surface area (Å²) in [6, 6.07) is 0.372. The summed E-state index contributed by atoms with van der Waals surface area (Å²) in [6.07, 6.45) is 1.10. The highest BCUT2D eigenvalue weighted by molar-refractivity contribution is 7.99. The molecule has 5 nitrogen and oxygen atoms in total. The van der Waals surface area contributed by atoms with Crippen molar-refractivity contribution in [2.24, 2.45) is 10.8 Å². The van der Waals surface area contributed by atoms with E-state index in [4.69, 9.17) is 10.6 Å². The zero-order chi connectivity index (χ0) is 12.2. The van der Waals surface area contributed by atoms with Crippen LogP contribution in [0.5, 0.6) is 0 Å². The molecule has 0 radical (unpaired) electrons. The predicted molar refractivity (Wildman–Crippen MR) is 71.7 cm³/mol. The Balaban J connectivity index is 3.77. The number of rotatable bonds is 8. The van der Waals surface area contributed by atoms with Crippen molar-refractivity contribution >= 4 is 17.7 Å². The molecule has 4 N–H and O–H groups in total. The molecule has 0 aromatic carbocycles. The monoisotopic (exact) mass is 248 g/mol. The molecular formula is C10H24N4OS. The topological polar surface area (TPSA) is 71.7 Å². The second kappa shape index (κ2) is 11.0. The van der Waals surface area contributed by atoms with E-state index in [0.29, 0.717) is 25.2 Å². The van der Waals surface area contributed by atoms with Crippen molar-refractivity contribution in [2.45, 2.75) is 26.3 Å². The van der Waals surface area contributed by atoms with Crippen LogP contribution in [0.4, 0.5) is 0 Å². The molecule has 0 heterocycles. The van der Waals surface area contributed by atoms with E-state index < -0.39 is 0 Å². The first kappa shape index (κ1) is 15.5. The maximum absolute atomic E-state index is 5.37. The number of hydrogen-bond acceptors (Lipinski definition) is 4. The number of hydrazine groups is 1. The third-order valence-electron chi connectivity index (χ3n) is 1.98. The molecule has 0 fully saturated rings. The van der Waals surface area contributed by atoms with Crippen molar-refractivity contribution in [3.8, 4) is 0 Å². The average Bonchev–Trinajstić information content (AvgIpc) is 2.28. The molecule has 0 aliphatic heterocycles. The molecule has 1 unspecified atom stereocenters.